The van der Waals surface area contributed by atoms with Crippen molar-refractivity contribution < 1.29 is 9.53 Å². The second-order valence-electron chi connectivity index (χ2n) is 3.91. The van der Waals surface area contributed by atoms with Crippen LogP contribution in [0.1, 0.15) is 15.9 Å². The Hall–Kier alpha value is -1.85. The predicted octanol–water partition coefficient (Wildman–Crippen LogP) is 2.63. The van der Waals surface area contributed by atoms with Crippen molar-refractivity contribution in [3.8, 4) is 5.75 Å². The van der Waals surface area contributed by atoms with E-state index in [9.17, 15) is 4.79 Å². The molecule has 2 aromatic carbocycles. The summed E-state index contributed by atoms with van der Waals surface area (Å²) in [5.41, 5.74) is 3.65. The second-order valence-corrected chi connectivity index (χ2v) is 4.83. The van der Waals surface area contributed by atoms with Crippen molar-refractivity contribution in [2.24, 2.45) is 5.84 Å². The Kier molecular flexibility index (Phi) is 4.54. The quantitative estimate of drug-likeness (QED) is 0.517. The molecule has 0 aliphatic carbocycles. The molecule has 5 heteroatoms. The van der Waals surface area contributed by atoms with Gasteiger partial charge in [-0.05, 0) is 42.0 Å². The zero-order chi connectivity index (χ0) is 13.7. The molecule has 98 valence electrons. The highest BCUT2D eigenvalue weighted by molar-refractivity contribution is 9.10. The fraction of sp³-hybridized carbons (Fsp3) is 0.0714. The molecule has 0 bridgehead atoms. The van der Waals surface area contributed by atoms with Gasteiger partial charge in [0, 0.05) is 10.0 Å². The molecule has 4 nitrogen and oxygen atoms in total. The van der Waals surface area contributed by atoms with E-state index in [-0.39, 0.29) is 5.91 Å². The van der Waals surface area contributed by atoms with E-state index in [0.29, 0.717) is 17.9 Å². The number of benzene rings is 2. The highest BCUT2D eigenvalue weighted by Crippen LogP contribution is 2.15. The van der Waals surface area contributed by atoms with Gasteiger partial charge in [-0.2, -0.15) is 0 Å². The molecular formula is C14H13BrN2O2. The van der Waals surface area contributed by atoms with Gasteiger partial charge in [0.1, 0.15) is 12.4 Å². The number of amides is 1. The zero-order valence-corrected chi connectivity index (χ0v) is 11.7. The van der Waals surface area contributed by atoms with Gasteiger partial charge >= 0.3 is 0 Å². The number of hydrazine groups is 1. The molecule has 0 aromatic heterocycles. The van der Waals surface area contributed by atoms with Crippen molar-refractivity contribution in [2.75, 3.05) is 0 Å². The van der Waals surface area contributed by atoms with Gasteiger partial charge in [-0.15, -0.1) is 0 Å². The number of rotatable bonds is 4. The Morgan fingerprint density at radius 2 is 1.74 bits per heavy atom. The lowest BCUT2D eigenvalue weighted by atomic mass is 10.2. The van der Waals surface area contributed by atoms with Crippen LogP contribution in [-0.2, 0) is 6.61 Å². The van der Waals surface area contributed by atoms with Gasteiger partial charge in [0.05, 0.1) is 0 Å². The number of carbonyl (C=O) groups is 1. The van der Waals surface area contributed by atoms with Gasteiger partial charge in [0.25, 0.3) is 5.91 Å². The number of nitrogen functional groups attached to an aromatic ring is 1. The number of hydrogen-bond donors (Lipinski definition) is 2. The molecule has 2 rings (SSSR count). The summed E-state index contributed by atoms with van der Waals surface area (Å²) in [5, 5.41) is 0. The minimum Gasteiger partial charge on any atom is -0.489 e. The molecule has 0 saturated heterocycles. The first kappa shape index (κ1) is 13.6. The summed E-state index contributed by atoms with van der Waals surface area (Å²) >= 11 is 3.38. The molecule has 0 unspecified atom stereocenters. The monoisotopic (exact) mass is 320 g/mol. The van der Waals surface area contributed by atoms with Gasteiger partial charge in [-0.3, -0.25) is 10.2 Å². The van der Waals surface area contributed by atoms with Crippen molar-refractivity contribution >= 4 is 21.8 Å². The molecule has 3 N–H and O–H groups in total. The van der Waals surface area contributed by atoms with Crippen LogP contribution in [0.3, 0.4) is 0 Å². The Labute approximate surface area is 119 Å². The van der Waals surface area contributed by atoms with Crippen molar-refractivity contribution in [1.29, 1.82) is 0 Å². The van der Waals surface area contributed by atoms with Gasteiger partial charge < -0.3 is 4.74 Å². The summed E-state index contributed by atoms with van der Waals surface area (Å²) in [6.07, 6.45) is 0. The van der Waals surface area contributed by atoms with Crippen LogP contribution in [0, 0.1) is 0 Å². The molecular weight excluding hydrogens is 308 g/mol. The lowest BCUT2D eigenvalue weighted by molar-refractivity contribution is 0.0953. The minimum atomic E-state index is -0.320. The molecule has 0 atom stereocenters. The molecule has 1 amide bonds. The summed E-state index contributed by atoms with van der Waals surface area (Å²) in [4.78, 5) is 11.3. The molecule has 0 aliphatic heterocycles. The first-order valence-corrected chi connectivity index (χ1v) is 6.46. The Bertz CT molecular complexity index is 553. The van der Waals surface area contributed by atoms with Gasteiger partial charge in [-0.1, -0.05) is 28.1 Å². The maximum Gasteiger partial charge on any atom is 0.265 e. The highest BCUT2D eigenvalue weighted by Gasteiger charge is 2.03. The average molecular weight is 321 g/mol. The van der Waals surface area contributed by atoms with Crippen molar-refractivity contribution in [1.82, 2.24) is 5.43 Å². The largest absolute Gasteiger partial charge is 0.489 e. The van der Waals surface area contributed by atoms with Gasteiger partial charge in [-0.25, -0.2) is 5.84 Å². The zero-order valence-electron chi connectivity index (χ0n) is 10.1. The third-order valence-corrected chi connectivity index (χ3v) is 3.10. The maximum absolute atomic E-state index is 11.3. The summed E-state index contributed by atoms with van der Waals surface area (Å²) in [6, 6.07) is 14.7. The third-order valence-electron chi connectivity index (χ3n) is 2.57. The number of ether oxygens (including phenoxy) is 1. The van der Waals surface area contributed by atoms with Crippen LogP contribution in [-0.4, -0.2) is 5.91 Å². The molecule has 0 heterocycles. The average Bonchev–Trinajstić information content (AvgIpc) is 2.46. The van der Waals surface area contributed by atoms with Crippen LogP contribution in [0.5, 0.6) is 5.75 Å². The Morgan fingerprint density at radius 1 is 1.11 bits per heavy atom. The smallest absolute Gasteiger partial charge is 0.265 e. The topological polar surface area (TPSA) is 64.3 Å². The summed E-state index contributed by atoms with van der Waals surface area (Å²) < 4.78 is 6.66. The summed E-state index contributed by atoms with van der Waals surface area (Å²) in [5.74, 6) is 5.44. The number of hydrogen-bond acceptors (Lipinski definition) is 3. The highest BCUT2D eigenvalue weighted by atomic mass is 79.9. The third kappa shape index (κ3) is 3.81. The fourth-order valence-corrected chi connectivity index (χ4v) is 1.80. The van der Waals surface area contributed by atoms with Gasteiger partial charge in [0.15, 0.2) is 0 Å². The van der Waals surface area contributed by atoms with E-state index in [1.165, 1.54) is 0 Å². The van der Waals surface area contributed by atoms with Crippen LogP contribution in [0.15, 0.2) is 53.0 Å². The first-order valence-electron chi connectivity index (χ1n) is 5.67. The molecule has 19 heavy (non-hydrogen) atoms. The van der Waals surface area contributed by atoms with E-state index >= 15 is 0 Å². The fourth-order valence-electron chi connectivity index (χ4n) is 1.53. The molecule has 0 aliphatic rings. The van der Waals surface area contributed by atoms with Crippen LogP contribution < -0.4 is 16.0 Å². The van der Waals surface area contributed by atoms with E-state index in [0.717, 1.165) is 10.0 Å². The maximum atomic E-state index is 11.3. The molecule has 0 spiro atoms. The van der Waals surface area contributed by atoms with E-state index in [4.69, 9.17) is 10.6 Å². The number of halogens is 1. The number of carbonyl (C=O) groups excluding carboxylic acids is 1. The van der Waals surface area contributed by atoms with Gasteiger partial charge in [0.2, 0.25) is 0 Å². The van der Waals surface area contributed by atoms with E-state index in [1.54, 1.807) is 24.3 Å². The first-order chi connectivity index (χ1) is 9.19. The summed E-state index contributed by atoms with van der Waals surface area (Å²) in [6.45, 7) is 0.482. The van der Waals surface area contributed by atoms with E-state index in [1.807, 2.05) is 24.3 Å². The standard InChI is InChI=1S/C14H13BrN2O2/c15-12-5-1-10(2-6-12)9-19-13-7-3-11(4-8-13)14(18)17-16/h1-8H,9,16H2,(H,17,18). The second kappa shape index (κ2) is 6.36. The van der Waals surface area contributed by atoms with Crippen LogP contribution >= 0.6 is 15.9 Å². The van der Waals surface area contributed by atoms with E-state index < -0.39 is 0 Å². The number of nitrogens with one attached hydrogen (secondary N) is 1. The molecule has 0 radical (unpaired) electrons. The molecule has 0 fully saturated rings. The Balaban J connectivity index is 1.96. The van der Waals surface area contributed by atoms with Crippen LogP contribution in [0.2, 0.25) is 0 Å². The van der Waals surface area contributed by atoms with Crippen molar-refractivity contribution in [3.05, 3.63) is 64.1 Å². The number of nitrogens with two attached hydrogens (primary N) is 1. The lowest BCUT2D eigenvalue weighted by Gasteiger charge is -2.07. The lowest BCUT2D eigenvalue weighted by Crippen LogP contribution is -2.29. The van der Waals surface area contributed by atoms with Crippen LogP contribution in [0.4, 0.5) is 0 Å². The Morgan fingerprint density at radius 3 is 2.32 bits per heavy atom. The summed E-state index contributed by atoms with van der Waals surface area (Å²) in [7, 11) is 0. The SMILES string of the molecule is NNC(=O)c1ccc(OCc2ccc(Br)cc2)cc1. The van der Waals surface area contributed by atoms with Crippen molar-refractivity contribution in [2.45, 2.75) is 6.61 Å². The minimum absolute atomic E-state index is 0.320. The molecule has 0 saturated carbocycles. The predicted molar refractivity (Wildman–Crippen MR) is 76.6 cm³/mol. The van der Waals surface area contributed by atoms with E-state index in [2.05, 4.69) is 21.4 Å². The van der Waals surface area contributed by atoms with Crippen molar-refractivity contribution in [3.63, 3.8) is 0 Å². The molecule has 2 aromatic rings. The normalized spacial score (nSPS) is 10.0. The van der Waals surface area contributed by atoms with Crippen LogP contribution in [0.25, 0.3) is 0 Å².